The highest BCUT2D eigenvalue weighted by Crippen LogP contribution is 2.40. The van der Waals surface area contributed by atoms with Crippen molar-refractivity contribution in [1.82, 2.24) is 5.32 Å². The van der Waals surface area contributed by atoms with Crippen LogP contribution >= 0.6 is 0 Å². The van der Waals surface area contributed by atoms with Crippen LogP contribution in [-0.4, -0.2) is 46.2 Å². The Bertz CT molecular complexity index is 795. The molecule has 0 saturated carbocycles. The monoisotopic (exact) mass is 421 g/mol. The van der Waals surface area contributed by atoms with Crippen molar-refractivity contribution in [3.8, 4) is 11.5 Å². The van der Waals surface area contributed by atoms with Gasteiger partial charge in [-0.05, 0) is 48.8 Å². The Kier molecular flexibility index (Phi) is 8.20. The van der Waals surface area contributed by atoms with Crippen molar-refractivity contribution in [2.24, 2.45) is 0 Å². The zero-order chi connectivity index (χ0) is 22.4. The third-order valence-corrected chi connectivity index (χ3v) is 9.26. The van der Waals surface area contributed by atoms with Gasteiger partial charge in [0, 0.05) is 6.08 Å². The van der Waals surface area contributed by atoms with E-state index in [1.54, 1.807) is 31.4 Å². The number of methoxy groups -OCH3 is 2. The van der Waals surface area contributed by atoms with Gasteiger partial charge in [0.05, 0.1) is 14.2 Å². The summed E-state index contributed by atoms with van der Waals surface area (Å²) < 4.78 is 16.3. The van der Waals surface area contributed by atoms with Crippen molar-refractivity contribution in [3.63, 3.8) is 0 Å². The van der Waals surface area contributed by atoms with Gasteiger partial charge in [0.15, 0.2) is 17.6 Å². The van der Waals surface area contributed by atoms with E-state index in [1.807, 2.05) is 0 Å². The topological polar surface area (TPSA) is 90.9 Å². The summed E-state index contributed by atoms with van der Waals surface area (Å²) in [5.74, 6) is -0.684. The van der Waals surface area contributed by atoms with E-state index in [0.717, 1.165) is 7.11 Å². The number of esters is 1. The maximum atomic E-state index is 12.1. The van der Waals surface area contributed by atoms with E-state index in [1.165, 1.54) is 13.0 Å². The number of carbonyl (C=O) groups is 3. The molecule has 1 aromatic carbocycles. The zero-order valence-electron chi connectivity index (χ0n) is 18.4. The maximum Gasteiger partial charge on any atom is 0.336 e. The van der Waals surface area contributed by atoms with E-state index >= 15 is 0 Å². The minimum atomic E-state index is -2.08. The van der Waals surface area contributed by atoms with Gasteiger partial charge in [0.2, 0.25) is 5.91 Å². The Hall–Kier alpha value is -2.61. The second kappa shape index (κ2) is 9.73. The maximum absolute atomic E-state index is 12.1. The van der Waals surface area contributed by atoms with Crippen LogP contribution in [0, 0.1) is 0 Å². The van der Waals surface area contributed by atoms with Crippen LogP contribution in [-0.2, 0) is 19.1 Å². The molecule has 1 aromatic rings. The van der Waals surface area contributed by atoms with Crippen LogP contribution in [0.25, 0.3) is 6.08 Å². The van der Waals surface area contributed by atoms with Gasteiger partial charge in [-0.3, -0.25) is 9.59 Å². The molecule has 0 saturated heterocycles. The zero-order valence-corrected chi connectivity index (χ0v) is 19.4. The molecule has 29 heavy (non-hydrogen) atoms. The third kappa shape index (κ3) is 6.74. The minimum Gasteiger partial charge on any atom is -0.541 e. The fourth-order valence-electron chi connectivity index (χ4n) is 2.11. The van der Waals surface area contributed by atoms with E-state index in [-0.39, 0.29) is 5.04 Å². The first kappa shape index (κ1) is 24.4. The molecule has 0 heterocycles. The molecule has 1 atom stereocenters. The molecule has 1 unspecified atom stereocenters. The van der Waals surface area contributed by atoms with Crippen molar-refractivity contribution in [1.29, 1.82) is 0 Å². The van der Waals surface area contributed by atoms with Gasteiger partial charge in [-0.2, -0.15) is 0 Å². The van der Waals surface area contributed by atoms with Gasteiger partial charge < -0.3 is 19.2 Å². The Morgan fingerprint density at radius 1 is 1.10 bits per heavy atom. The number of hydrogen-bond acceptors (Lipinski definition) is 6. The molecule has 1 amide bonds. The van der Waals surface area contributed by atoms with Crippen LogP contribution in [0.15, 0.2) is 24.3 Å². The third-order valence-electron chi connectivity index (χ3n) is 4.92. The molecule has 0 aromatic heterocycles. The number of ketones is 1. The Labute approximate surface area is 173 Å². The highest BCUT2D eigenvalue weighted by molar-refractivity contribution is 6.74. The molecule has 0 aliphatic heterocycles. The number of Topliss-reactive ketones (excluding diaryl/α,β-unsaturated/α-hetero) is 1. The summed E-state index contributed by atoms with van der Waals surface area (Å²) in [4.78, 5) is 35.2. The quantitative estimate of drug-likeness (QED) is 0.300. The van der Waals surface area contributed by atoms with Crippen LogP contribution in [0.5, 0.6) is 11.5 Å². The lowest BCUT2D eigenvalue weighted by molar-refractivity contribution is -0.147. The van der Waals surface area contributed by atoms with Crippen LogP contribution in [0.3, 0.4) is 0 Å². The summed E-state index contributed by atoms with van der Waals surface area (Å²) in [5.41, 5.74) is 0.715. The highest BCUT2D eigenvalue weighted by atomic mass is 28.4. The lowest BCUT2D eigenvalue weighted by Crippen LogP contribution is -2.45. The molecular weight excluding hydrogens is 390 g/mol. The minimum absolute atomic E-state index is 0.0132. The molecule has 0 aliphatic rings. The number of amides is 1. The second-order valence-corrected chi connectivity index (χ2v) is 12.9. The first-order valence-corrected chi connectivity index (χ1v) is 12.2. The van der Waals surface area contributed by atoms with E-state index in [9.17, 15) is 14.4 Å². The summed E-state index contributed by atoms with van der Waals surface area (Å²) in [6.45, 7) is 11.9. The van der Waals surface area contributed by atoms with Crippen LogP contribution < -0.4 is 14.5 Å². The molecular formula is C21H31NO6Si. The molecule has 7 nitrogen and oxygen atoms in total. The van der Waals surface area contributed by atoms with Crippen LogP contribution in [0.4, 0.5) is 0 Å². The molecule has 160 valence electrons. The Morgan fingerprint density at radius 2 is 1.72 bits per heavy atom. The molecule has 8 heteroatoms. The van der Waals surface area contributed by atoms with Gasteiger partial charge in [-0.15, -0.1) is 0 Å². The standard InChI is InChI=1S/C21H31NO6Si/c1-14(23)19(20(25)27-6)22-18(24)12-10-15-9-11-16(26-5)17(13-15)28-29(7,8)21(2,3)4/h9-13,19H,1-8H3,(H,22,24)/b12-10+. The number of ether oxygens (including phenoxy) is 2. The number of benzene rings is 1. The molecule has 0 fully saturated rings. The van der Waals surface area contributed by atoms with Crippen LogP contribution in [0.1, 0.15) is 33.3 Å². The van der Waals surface area contributed by atoms with Gasteiger partial charge in [0.25, 0.3) is 8.32 Å². The van der Waals surface area contributed by atoms with Crippen molar-refractivity contribution >= 4 is 32.1 Å². The SMILES string of the molecule is COC(=O)C(NC(=O)/C=C/c1ccc(OC)c(O[Si](C)(C)C(C)(C)C)c1)C(C)=O. The number of hydrogen-bond donors (Lipinski definition) is 1. The fourth-order valence-corrected chi connectivity index (χ4v) is 3.13. The predicted octanol–water partition coefficient (Wildman–Crippen LogP) is 3.34. The molecule has 0 spiro atoms. The van der Waals surface area contributed by atoms with Crippen molar-refractivity contribution in [2.75, 3.05) is 14.2 Å². The smallest absolute Gasteiger partial charge is 0.336 e. The average molecular weight is 422 g/mol. The molecule has 0 radical (unpaired) electrons. The summed E-state index contributed by atoms with van der Waals surface area (Å²) in [6, 6.07) is 4.02. The van der Waals surface area contributed by atoms with Gasteiger partial charge in [-0.25, -0.2) is 4.79 Å². The largest absolute Gasteiger partial charge is 0.541 e. The lowest BCUT2D eigenvalue weighted by Gasteiger charge is -2.36. The second-order valence-electron chi connectivity index (χ2n) is 8.18. The Morgan fingerprint density at radius 3 is 2.21 bits per heavy atom. The van der Waals surface area contributed by atoms with Gasteiger partial charge in [-0.1, -0.05) is 26.8 Å². The van der Waals surface area contributed by atoms with E-state index in [2.05, 4.69) is 43.9 Å². The van der Waals surface area contributed by atoms with Crippen molar-refractivity contribution in [2.45, 2.75) is 51.9 Å². The lowest BCUT2D eigenvalue weighted by atomic mass is 10.1. The summed E-state index contributed by atoms with van der Waals surface area (Å²) >= 11 is 0. The number of nitrogens with one attached hydrogen (secondary N) is 1. The fraction of sp³-hybridized carbons (Fsp3) is 0.476. The normalized spacial score (nSPS) is 13.0. The van der Waals surface area contributed by atoms with Crippen molar-refractivity contribution < 1.29 is 28.3 Å². The molecule has 1 rings (SSSR count). The summed E-state index contributed by atoms with van der Waals surface area (Å²) in [7, 11) is 0.645. The van der Waals surface area contributed by atoms with Gasteiger partial charge in [0.1, 0.15) is 5.75 Å². The molecule has 0 bridgehead atoms. The molecule has 1 N–H and O–H groups in total. The van der Waals surface area contributed by atoms with E-state index in [0.29, 0.717) is 17.1 Å². The van der Waals surface area contributed by atoms with E-state index in [4.69, 9.17) is 9.16 Å². The highest BCUT2D eigenvalue weighted by Gasteiger charge is 2.39. The first-order chi connectivity index (χ1) is 13.3. The average Bonchev–Trinajstić information content (AvgIpc) is 2.62. The van der Waals surface area contributed by atoms with Crippen molar-refractivity contribution in [3.05, 3.63) is 29.8 Å². The summed E-state index contributed by atoms with van der Waals surface area (Å²) in [6.07, 6.45) is 2.82. The number of rotatable bonds is 8. The Balaban J connectivity index is 3.04. The number of carbonyl (C=O) groups excluding carboxylic acids is 3. The summed E-state index contributed by atoms with van der Waals surface area (Å²) in [5, 5.41) is 2.35. The van der Waals surface area contributed by atoms with Gasteiger partial charge >= 0.3 is 5.97 Å². The van der Waals surface area contributed by atoms with Crippen LogP contribution in [0.2, 0.25) is 18.1 Å². The molecule has 0 aliphatic carbocycles. The van der Waals surface area contributed by atoms with E-state index < -0.39 is 32.0 Å². The predicted molar refractivity (Wildman–Crippen MR) is 114 cm³/mol. The first-order valence-electron chi connectivity index (χ1n) is 9.26.